The molecule has 0 spiro atoms. The van der Waals surface area contributed by atoms with Crippen LogP contribution in [0.25, 0.3) is 0 Å². The second-order valence-electron chi connectivity index (χ2n) is 5.39. The molecule has 0 fully saturated rings. The molecular formula is C15H21F3N2O. The summed E-state index contributed by atoms with van der Waals surface area (Å²) < 4.78 is 38.3. The number of benzene rings is 1. The summed E-state index contributed by atoms with van der Waals surface area (Å²) in [5, 5.41) is 2.69. The van der Waals surface area contributed by atoms with Gasteiger partial charge in [-0.1, -0.05) is 26.3 Å². The first-order valence-electron chi connectivity index (χ1n) is 6.93. The number of carbonyl (C=O) groups excluding carboxylic acids is 1. The fourth-order valence-corrected chi connectivity index (χ4v) is 2.14. The monoisotopic (exact) mass is 302 g/mol. The van der Waals surface area contributed by atoms with Crippen LogP contribution in [-0.2, 0) is 6.18 Å². The molecule has 21 heavy (non-hydrogen) atoms. The number of nitrogens with two attached hydrogens (primary N) is 1. The Bertz CT molecular complexity index is 500. The Morgan fingerprint density at radius 2 is 1.95 bits per heavy atom. The van der Waals surface area contributed by atoms with E-state index in [1.165, 1.54) is 12.1 Å². The van der Waals surface area contributed by atoms with Gasteiger partial charge >= 0.3 is 6.18 Å². The van der Waals surface area contributed by atoms with Crippen molar-refractivity contribution >= 4 is 11.6 Å². The van der Waals surface area contributed by atoms with Crippen LogP contribution in [0.5, 0.6) is 0 Å². The van der Waals surface area contributed by atoms with Crippen LogP contribution in [0, 0.1) is 5.92 Å². The molecular weight excluding hydrogens is 281 g/mol. The molecule has 2 unspecified atom stereocenters. The van der Waals surface area contributed by atoms with E-state index in [1.54, 1.807) is 0 Å². The zero-order chi connectivity index (χ0) is 16.2. The summed E-state index contributed by atoms with van der Waals surface area (Å²) in [6.45, 7) is 5.93. The highest BCUT2D eigenvalue weighted by molar-refractivity contribution is 6.00. The summed E-state index contributed by atoms with van der Waals surface area (Å²) in [5.74, 6) is -0.145. The molecule has 0 radical (unpaired) electrons. The lowest BCUT2D eigenvalue weighted by Crippen LogP contribution is -2.34. The van der Waals surface area contributed by atoms with Crippen LogP contribution in [0.15, 0.2) is 18.2 Å². The van der Waals surface area contributed by atoms with Crippen LogP contribution < -0.4 is 11.1 Å². The summed E-state index contributed by atoms with van der Waals surface area (Å²) in [5.41, 5.74) is 3.84. The van der Waals surface area contributed by atoms with Crippen molar-refractivity contribution < 1.29 is 18.0 Å². The third-order valence-electron chi connectivity index (χ3n) is 3.49. The number of hydrogen-bond donors (Lipinski definition) is 2. The average Bonchev–Trinajstić information content (AvgIpc) is 2.36. The SMILES string of the molecule is CCC(C)CC(C)NC(=O)c1cccc(C(F)(F)F)c1N. The van der Waals surface area contributed by atoms with E-state index < -0.39 is 23.3 Å². The van der Waals surface area contributed by atoms with Crippen LogP contribution >= 0.6 is 0 Å². The fraction of sp³-hybridized carbons (Fsp3) is 0.533. The van der Waals surface area contributed by atoms with Crippen LogP contribution in [0.3, 0.4) is 0 Å². The van der Waals surface area contributed by atoms with Gasteiger partial charge in [0.15, 0.2) is 0 Å². The van der Waals surface area contributed by atoms with Crippen molar-refractivity contribution in [2.24, 2.45) is 5.92 Å². The highest BCUT2D eigenvalue weighted by Crippen LogP contribution is 2.34. The molecule has 0 aliphatic heterocycles. The summed E-state index contributed by atoms with van der Waals surface area (Å²) in [7, 11) is 0. The van der Waals surface area contributed by atoms with Crippen molar-refractivity contribution in [3.05, 3.63) is 29.3 Å². The van der Waals surface area contributed by atoms with Crippen molar-refractivity contribution in [2.75, 3.05) is 5.73 Å². The van der Waals surface area contributed by atoms with E-state index in [0.717, 1.165) is 18.9 Å². The Morgan fingerprint density at radius 1 is 1.33 bits per heavy atom. The molecule has 0 aliphatic carbocycles. The summed E-state index contributed by atoms with van der Waals surface area (Å²) in [6.07, 6.45) is -2.82. The van der Waals surface area contributed by atoms with Crippen LogP contribution in [0.1, 0.15) is 49.5 Å². The first kappa shape index (κ1) is 17.3. The maximum absolute atomic E-state index is 12.8. The van der Waals surface area contributed by atoms with Crippen molar-refractivity contribution in [3.63, 3.8) is 0 Å². The van der Waals surface area contributed by atoms with Gasteiger partial charge in [0.25, 0.3) is 5.91 Å². The molecule has 2 atom stereocenters. The number of nitrogen functional groups attached to an aromatic ring is 1. The second-order valence-corrected chi connectivity index (χ2v) is 5.39. The number of amides is 1. The number of carbonyl (C=O) groups is 1. The number of halogens is 3. The van der Waals surface area contributed by atoms with Crippen molar-refractivity contribution in [1.82, 2.24) is 5.32 Å². The Balaban J connectivity index is 2.89. The van der Waals surface area contributed by atoms with Gasteiger partial charge in [-0.15, -0.1) is 0 Å². The van der Waals surface area contributed by atoms with E-state index >= 15 is 0 Å². The van der Waals surface area contributed by atoms with Crippen LogP contribution in [-0.4, -0.2) is 11.9 Å². The number of nitrogens with one attached hydrogen (secondary N) is 1. The fourth-order valence-electron chi connectivity index (χ4n) is 2.14. The summed E-state index contributed by atoms with van der Waals surface area (Å²) >= 11 is 0. The van der Waals surface area contributed by atoms with E-state index in [1.807, 2.05) is 13.8 Å². The molecule has 3 N–H and O–H groups in total. The smallest absolute Gasteiger partial charge is 0.398 e. The molecule has 0 aliphatic rings. The topological polar surface area (TPSA) is 55.1 Å². The van der Waals surface area contributed by atoms with Crippen LogP contribution in [0.4, 0.5) is 18.9 Å². The number of hydrogen-bond acceptors (Lipinski definition) is 2. The third-order valence-corrected chi connectivity index (χ3v) is 3.49. The van der Waals surface area contributed by atoms with E-state index in [0.29, 0.717) is 5.92 Å². The maximum Gasteiger partial charge on any atom is 0.418 e. The zero-order valence-electron chi connectivity index (χ0n) is 12.4. The summed E-state index contributed by atoms with van der Waals surface area (Å²) in [4.78, 5) is 12.1. The van der Waals surface area contributed by atoms with Gasteiger partial charge in [0.2, 0.25) is 0 Å². The minimum atomic E-state index is -4.57. The molecule has 1 rings (SSSR count). The third kappa shape index (κ3) is 4.65. The second kappa shape index (κ2) is 6.83. The molecule has 1 aromatic carbocycles. The largest absolute Gasteiger partial charge is 0.418 e. The maximum atomic E-state index is 12.8. The normalized spacial score (nSPS) is 14.6. The minimum Gasteiger partial charge on any atom is -0.398 e. The molecule has 0 bridgehead atoms. The van der Waals surface area contributed by atoms with Gasteiger partial charge in [-0.05, 0) is 31.4 Å². The van der Waals surface area contributed by atoms with E-state index in [2.05, 4.69) is 12.2 Å². The Kier molecular flexibility index (Phi) is 5.63. The van der Waals surface area contributed by atoms with Gasteiger partial charge in [0.05, 0.1) is 16.8 Å². The van der Waals surface area contributed by atoms with Crippen LogP contribution in [0.2, 0.25) is 0 Å². The lowest BCUT2D eigenvalue weighted by molar-refractivity contribution is -0.136. The molecule has 3 nitrogen and oxygen atoms in total. The van der Waals surface area contributed by atoms with Gasteiger partial charge in [-0.2, -0.15) is 13.2 Å². The standard InChI is InChI=1S/C15H21F3N2O/c1-4-9(2)8-10(3)20-14(21)11-6-5-7-12(13(11)19)15(16,17)18/h5-7,9-10H,4,8,19H2,1-3H3,(H,20,21). The van der Waals surface area contributed by atoms with E-state index in [-0.39, 0.29) is 11.6 Å². The molecule has 118 valence electrons. The lowest BCUT2D eigenvalue weighted by atomic mass is 10.00. The highest BCUT2D eigenvalue weighted by Gasteiger charge is 2.34. The van der Waals surface area contributed by atoms with Gasteiger partial charge in [-0.25, -0.2) is 0 Å². The number of anilines is 1. The first-order chi connectivity index (χ1) is 9.66. The number of rotatable bonds is 5. The number of alkyl halides is 3. The molecule has 0 saturated carbocycles. The quantitative estimate of drug-likeness (QED) is 0.812. The molecule has 1 aromatic rings. The molecule has 0 heterocycles. The van der Waals surface area contributed by atoms with Gasteiger partial charge in [0.1, 0.15) is 0 Å². The molecule has 6 heteroatoms. The first-order valence-corrected chi connectivity index (χ1v) is 6.93. The molecule has 1 amide bonds. The summed E-state index contributed by atoms with van der Waals surface area (Å²) in [6, 6.07) is 3.24. The average molecular weight is 302 g/mol. The van der Waals surface area contributed by atoms with Crippen molar-refractivity contribution in [3.8, 4) is 0 Å². The van der Waals surface area contributed by atoms with E-state index in [9.17, 15) is 18.0 Å². The van der Waals surface area contributed by atoms with Gasteiger partial charge in [-0.3, -0.25) is 4.79 Å². The Labute approximate surface area is 122 Å². The molecule has 0 saturated heterocycles. The predicted octanol–water partition coefficient (Wildman–Crippen LogP) is 3.84. The Morgan fingerprint density at radius 3 is 2.48 bits per heavy atom. The number of para-hydroxylation sites is 1. The zero-order valence-corrected chi connectivity index (χ0v) is 12.4. The lowest BCUT2D eigenvalue weighted by Gasteiger charge is -2.19. The van der Waals surface area contributed by atoms with E-state index in [4.69, 9.17) is 5.73 Å². The van der Waals surface area contributed by atoms with Crippen molar-refractivity contribution in [1.29, 1.82) is 0 Å². The van der Waals surface area contributed by atoms with Gasteiger partial charge in [0, 0.05) is 6.04 Å². The highest BCUT2D eigenvalue weighted by atomic mass is 19.4. The molecule has 0 aromatic heterocycles. The Hall–Kier alpha value is -1.72. The van der Waals surface area contributed by atoms with Gasteiger partial charge < -0.3 is 11.1 Å². The predicted molar refractivity (Wildman–Crippen MR) is 76.9 cm³/mol. The van der Waals surface area contributed by atoms with Crippen molar-refractivity contribution in [2.45, 2.75) is 45.8 Å². The minimum absolute atomic E-state index is 0.124.